The van der Waals surface area contributed by atoms with Crippen molar-refractivity contribution in [3.8, 4) is 5.75 Å². The van der Waals surface area contributed by atoms with Crippen LogP contribution in [0.2, 0.25) is 0 Å². The molecule has 36 heavy (non-hydrogen) atoms. The first-order valence-corrected chi connectivity index (χ1v) is 12.7. The van der Waals surface area contributed by atoms with E-state index in [2.05, 4.69) is 59.2 Å². The summed E-state index contributed by atoms with van der Waals surface area (Å²) < 4.78 is 8.09. The van der Waals surface area contributed by atoms with Gasteiger partial charge in [-0.25, -0.2) is 0 Å². The number of aliphatic carboxylic acids is 1. The molecule has 0 fully saturated rings. The fourth-order valence-electron chi connectivity index (χ4n) is 5.03. The highest BCUT2D eigenvalue weighted by Gasteiger charge is 2.30. The normalized spacial score (nSPS) is 17.0. The third-order valence-electron chi connectivity index (χ3n) is 7.05. The second-order valence-electron chi connectivity index (χ2n) is 10.5. The van der Waals surface area contributed by atoms with Gasteiger partial charge in [-0.2, -0.15) is 0 Å². The van der Waals surface area contributed by atoms with E-state index in [4.69, 9.17) is 4.74 Å². The molecular formula is C28H37N5O3. The summed E-state index contributed by atoms with van der Waals surface area (Å²) in [5.41, 5.74) is 5.09. The number of aryl methyl sites for hydroxylation is 3. The Morgan fingerprint density at radius 3 is 2.81 bits per heavy atom. The van der Waals surface area contributed by atoms with Crippen LogP contribution >= 0.6 is 0 Å². The second-order valence-corrected chi connectivity index (χ2v) is 10.5. The zero-order valence-electron chi connectivity index (χ0n) is 21.9. The molecule has 0 amide bonds. The number of benzene rings is 1. The highest BCUT2D eigenvalue weighted by Crippen LogP contribution is 2.33. The SMILES string of the molecule is CCn1cc(CC[C@@H](c2ccc(C)c(CN3Cc4cnccc4OC(C)(C)C3)c2)[C@H](C)C(=O)O)nn1. The first-order valence-electron chi connectivity index (χ1n) is 12.7. The van der Waals surface area contributed by atoms with Crippen molar-refractivity contribution in [1.29, 1.82) is 0 Å². The summed E-state index contributed by atoms with van der Waals surface area (Å²) in [7, 11) is 0. The Hall–Kier alpha value is -3.26. The average Bonchev–Trinajstić information content (AvgIpc) is 3.24. The maximum Gasteiger partial charge on any atom is 0.306 e. The van der Waals surface area contributed by atoms with E-state index in [1.807, 2.05) is 25.4 Å². The van der Waals surface area contributed by atoms with Crippen molar-refractivity contribution < 1.29 is 14.6 Å². The molecule has 3 heterocycles. The molecule has 192 valence electrons. The zero-order chi connectivity index (χ0) is 25.9. The molecule has 2 aromatic heterocycles. The summed E-state index contributed by atoms with van der Waals surface area (Å²) >= 11 is 0. The van der Waals surface area contributed by atoms with E-state index in [0.29, 0.717) is 12.8 Å². The highest BCUT2D eigenvalue weighted by atomic mass is 16.5. The zero-order valence-corrected chi connectivity index (χ0v) is 21.9. The van der Waals surface area contributed by atoms with Crippen LogP contribution in [0.3, 0.4) is 0 Å². The predicted octanol–water partition coefficient (Wildman–Crippen LogP) is 4.61. The topological polar surface area (TPSA) is 93.4 Å². The lowest BCUT2D eigenvalue weighted by atomic mass is 9.82. The van der Waals surface area contributed by atoms with Crippen LogP contribution in [0.1, 0.15) is 68.0 Å². The molecule has 4 rings (SSSR count). The summed E-state index contributed by atoms with van der Waals surface area (Å²) in [4.78, 5) is 18.7. The van der Waals surface area contributed by atoms with Crippen LogP contribution in [-0.4, -0.2) is 48.1 Å². The van der Waals surface area contributed by atoms with Crippen molar-refractivity contribution in [1.82, 2.24) is 24.9 Å². The summed E-state index contributed by atoms with van der Waals surface area (Å²) in [6.45, 7) is 13.2. The molecular weight excluding hydrogens is 454 g/mol. The summed E-state index contributed by atoms with van der Waals surface area (Å²) in [6.07, 6.45) is 6.98. The number of aromatic nitrogens is 4. The van der Waals surface area contributed by atoms with Gasteiger partial charge in [0, 0.05) is 50.3 Å². The standard InChI is InChI=1S/C28H37N5O3/c1-6-33-17-24(30-31-33)9-10-25(20(3)27(34)35)21-8-7-19(2)22(13-21)15-32-16-23-14-29-12-11-26(23)36-28(4,5)18-32/h7-8,11-14,17,20,25H,6,9-10,15-16,18H2,1-5H3,(H,34,35)/t20-,25+/m0/s1. The Bertz CT molecular complexity index is 1210. The number of carboxylic acids is 1. The Morgan fingerprint density at radius 2 is 2.08 bits per heavy atom. The molecule has 0 bridgehead atoms. The lowest BCUT2D eigenvalue weighted by Crippen LogP contribution is -2.40. The third kappa shape index (κ3) is 6.10. The monoisotopic (exact) mass is 491 g/mol. The molecule has 0 spiro atoms. The van der Waals surface area contributed by atoms with Gasteiger partial charge in [0.25, 0.3) is 0 Å². The van der Waals surface area contributed by atoms with Crippen LogP contribution in [0.15, 0.2) is 42.9 Å². The molecule has 0 aliphatic carbocycles. The third-order valence-corrected chi connectivity index (χ3v) is 7.05. The van der Waals surface area contributed by atoms with E-state index in [1.165, 1.54) is 11.1 Å². The van der Waals surface area contributed by atoms with E-state index in [9.17, 15) is 9.90 Å². The smallest absolute Gasteiger partial charge is 0.306 e. The van der Waals surface area contributed by atoms with Crippen molar-refractivity contribution in [3.63, 3.8) is 0 Å². The number of carboxylic acid groups (broad SMARTS) is 1. The molecule has 0 unspecified atom stereocenters. The van der Waals surface area contributed by atoms with E-state index in [-0.39, 0.29) is 11.5 Å². The second kappa shape index (κ2) is 10.8. The van der Waals surface area contributed by atoms with E-state index >= 15 is 0 Å². The van der Waals surface area contributed by atoms with Gasteiger partial charge in [0.2, 0.25) is 0 Å². The Kier molecular flexibility index (Phi) is 7.73. The number of rotatable bonds is 9. The Labute approximate surface area is 213 Å². The fourth-order valence-corrected chi connectivity index (χ4v) is 5.03. The molecule has 1 N–H and O–H groups in total. The van der Waals surface area contributed by atoms with Gasteiger partial charge in [0.15, 0.2) is 0 Å². The van der Waals surface area contributed by atoms with E-state index in [0.717, 1.165) is 48.7 Å². The van der Waals surface area contributed by atoms with Gasteiger partial charge >= 0.3 is 5.97 Å². The molecule has 2 atom stereocenters. The molecule has 1 aliphatic rings. The molecule has 8 heteroatoms. The lowest BCUT2D eigenvalue weighted by Gasteiger charge is -2.30. The predicted molar refractivity (Wildman–Crippen MR) is 138 cm³/mol. The van der Waals surface area contributed by atoms with Gasteiger partial charge in [-0.15, -0.1) is 5.10 Å². The summed E-state index contributed by atoms with van der Waals surface area (Å²) in [6, 6.07) is 8.34. The molecule has 3 aromatic rings. The van der Waals surface area contributed by atoms with Gasteiger partial charge in [0.05, 0.1) is 11.6 Å². The van der Waals surface area contributed by atoms with Crippen LogP contribution in [-0.2, 0) is 30.8 Å². The number of ether oxygens (including phenoxy) is 1. The fraction of sp³-hybridized carbons (Fsp3) is 0.500. The van der Waals surface area contributed by atoms with Crippen molar-refractivity contribution in [3.05, 3.63) is 70.8 Å². The van der Waals surface area contributed by atoms with Crippen LogP contribution in [0.4, 0.5) is 0 Å². The summed E-state index contributed by atoms with van der Waals surface area (Å²) in [5.74, 6) is -0.527. The van der Waals surface area contributed by atoms with E-state index < -0.39 is 11.9 Å². The molecule has 1 aliphatic heterocycles. The first-order chi connectivity index (χ1) is 17.1. The molecule has 8 nitrogen and oxygen atoms in total. The number of hydrogen-bond acceptors (Lipinski definition) is 6. The maximum absolute atomic E-state index is 12.0. The van der Waals surface area contributed by atoms with Crippen molar-refractivity contribution in [2.24, 2.45) is 5.92 Å². The van der Waals surface area contributed by atoms with E-state index in [1.54, 1.807) is 17.8 Å². The molecule has 0 saturated heterocycles. The average molecular weight is 492 g/mol. The minimum atomic E-state index is -0.783. The maximum atomic E-state index is 12.0. The van der Waals surface area contributed by atoms with Gasteiger partial charge < -0.3 is 9.84 Å². The minimum absolute atomic E-state index is 0.123. The van der Waals surface area contributed by atoms with Crippen molar-refractivity contribution >= 4 is 5.97 Å². The Balaban J connectivity index is 1.58. The minimum Gasteiger partial charge on any atom is -0.486 e. The number of pyridine rings is 1. The quantitative estimate of drug-likeness (QED) is 0.467. The molecule has 0 radical (unpaired) electrons. The number of carbonyl (C=O) groups is 1. The van der Waals surface area contributed by atoms with Crippen molar-refractivity contribution in [2.75, 3.05) is 6.54 Å². The molecule has 0 saturated carbocycles. The van der Waals surface area contributed by atoms with Crippen molar-refractivity contribution in [2.45, 2.75) is 78.6 Å². The van der Waals surface area contributed by atoms with Crippen LogP contribution < -0.4 is 4.74 Å². The van der Waals surface area contributed by atoms with Crippen LogP contribution in [0, 0.1) is 12.8 Å². The first kappa shape index (κ1) is 25.8. The van der Waals surface area contributed by atoms with Gasteiger partial charge in [-0.1, -0.05) is 30.3 Å². The lowest BCUT2D eigenvalue weighted by molar-refractivity contribution is -0.142. The van der Waals surface area contributed by atoms with Gasteiger partial charge in [-0.05, 0) is 69.2 Å². The largest absolute Gasteiger partial charge is 0.486 e. The number of hydrogen-bond donors (Lipinski definition) is 1. The molecule has 1 aromatic carbocycles. The van der Waals surface area contributed by atoms with Crippen LogP contribution in [0.25, 0.3) is 0 Å². The van der Waals surface area contributed by atoms with Gasteiger partial charge in [-0.3, -0.25) is 19.4 Å². The highest BCUT2D eigenvalue weighted by molar-refractivity contribution is 5.71. The Morgan fingerprint density at radius 1 is 1.28 bits per heavy atom. The van der Waals surface area contributed by atoms with Gasteiger partial charge in [0.1, 0.15) is 11.4 Å². The number of fused-ring (bicyclic) bond motifs is 1. The summed E-state index contributed by atoms with van der Waals surface area (Å²) in [5, 5.41) is 18.2. The van der Waals surface area contributed by atoms with Crippen LogP contribution in [0.5, 0.6) is 5.75 Å². The number of nitrogens with zero attached hydrogens (tertiary/aromatic N) is 5.